The second-order valence-electron chi connectivity index (χ2n) is 8.67. The van der Waals surface area contributed by atoms with Crippen molar-refractivity contribution in [1.29, 1.82) is 0 Å². The molecule has 2 amide bonds. The fourth-order valence-corrected chi connectivity index (χ4v) is 5.51. The van der Waals surface area contributed by atoms with Crippen molar-refractivity contribution in [2.75, 3.05) is 31.1 Å². The van der Waals surface area contributed by atoms with Crippen molar-refractivity contribution in [2.24, 2.45) is 5.92 Å². The van der Waals surface area contributed by atoms with Gasteiger partial charge in [-0.1, -0.05) is 17.7 Å². The minimum Gasteiger partial charge on any atom is -0.370 e. The van der Waals surface area contributed by atoms with E-state index in [-0.39, 0.29) is 22.8 Å². The maximum Gasteiger partial charge on any atom is 0.257 e. The van der Waals surface area contributed by atoms with Crippen LogP contribution in [0.3, 0.4) is 0 Å². The van der Waals surface area contributed by atoms with Gasteiger partial charge in [0.05, 0.1) is 27.4 Å². The fourth-order valence-electron chi connectivity index (χ4n) is 4.55. The van der Waals surface area contributed by atoms with Crippen LogP contribution in [0.15, 0.2) is 24.4 Å². The van der Waals surface area contributed by atoms with Crippen molar-refractivity contribution in [2.45, 2.75) is 40.2 Å². The van der Waals surface area contributed by atoms with Crippen LogP contribution < -0.4 is 10.2 Å². The number of nitrogens with zero attached hydrogens (tertiary/aromatic N) is 4. The van der Waals surface area contributed by atoms with E-state index in [9.17, 15) is 14.0 Å². The molecule has 1 N–H and O–H groups in total. The van der Waals surface area contributed by atoms with Crippen molar-refractivity contribution >= 4 is 50.9 Å². The van der Waals surface area contributed by atoms with Crippen molar-refractivity contribution in [3.8, 4) is 0 Å². The van der Waals surface area contributed by atoms with Gasteiger partial charge in [0.1, 0.15) is 10.6 Å². The first-order valence-corrected chi connectivity index (χ1v) is 13.0. The molecule has 0 saturated carbocycles. The van der Waals surface area contributed by atoms with Gasteiger partial charge < -0.3 is 15.1 Å². The summed E-state index contributed by atoms with van der Waals surface area (Å²) in [7, 11) is 0. The molecule has 0 bridgehead atoms. The van der Waals surface area contributed by atoms with Crippen LogP contribution in [0.2, 0.25) is 5.02 Å². The highest BCUT2D eigenvalue weighted by Crippen LogP contribution is 2.36. The highest BCUT2D eigenvalue weighted by atomic mass is 35.5. The van der Waals surface area contributed by atoms with Crippen LogP contribution in [-0.4, -0.2) is 52.3 Å². The minimum absolute atomic E-state index is 0.0298. The summed E-state index contributed by atoms with van der Waals surface area (Å²) in [6.07, 6.45) is 2.99. The molecule has 10 heteroatoms. The number of aryl methyl sites for hydroxylation is 1. The molecule has 4 rings (SSSR count). The average Bonchev–Trinajstić information content (AvgIpc) is 3.25. The number of carbonyl (C=O) groups excluding carboxylic acids is 2. The van der Waals surface area contributed by atoms with Gasteiger partial charge in [0.15, 0.2) is 0 Å². The molecule has 2 aromatic heterocycles. The number of piperidine rings is 1. The third-order valence-electron chi connectivity index (χ3n) is 6.56. The third kappa shape index (κ3) is 5.26. The van der Waals surface area contributed by atoms with Crippen molar-refractivity contribution in [3.05, 3.63) is 52.1 Å². The highest BCUT2D eigenvalue weighted by Gasteiger charge is 2.30. The summed E-state index contributed by atoms with van der Waals surface area (Å²) in [5, 5.41) is 3.91. The van der Waals surface area contributed by atoms with Crippen LogP contribution in [0.25, 0.3) is 10.2 Å². The van der Waals surface area contributed by atoms with Gasteiger partial charge in [0.25, 0.3) is 5.91 Å². The summed E-state index contributed by atoms with van der Waals surface area (Å²) in [4.78, 5) is 35.5. The lowest BCUT2D eigenvalue weighted by atomic mass is 9.94. The molecule has 1 fully saturated rings. The smallest absolute Gasteiger partial charge is 0.257 e. The van der Waals surface area contributed by atoms with Gasteiger partial charge in [0, 0.05) is 44.8 Å². The first kappa shape index (κ1) is 25.3. The van der Waals surface area contributed by atoms with Gasteiger partial charge in [-0.3, -0.25) is 9.59 Å². The Morgan fingerprint density at radius 3 is 2.63 bits per heavy atom. The molecule has 186 valence electrons. The van der Waals surface area contributed by atoms with E-state index in [2.05, 4.69) is 19.6 Å². The summed E-state index contributed by atoms with van der Waals surface area (Å²) < 4.78 is 17.9. The van der Waals surface area contributed by atoms with Gasteiger partial charge in [-0.2, -0.15) is 4.37 Å². The van der Waals surface area contributed by atoms with E-state index < -0.39 is 5.82 Å². The van der Waals surface area contributed by atoms with E-state index in [0.29, 0.717) is 51.1 Å². The molecule has 0 aliphatic carbocycles. The quantitative estimate of drug-likeness (QED) is 0.486. The number of carbonyl (C=O) groups is 2. The third-order valence-corrected chi connectivity index (χ3v) is 7.70. The molecule has 1 aliphatic heterocycles. The van der Waals surface area contributed by atoms with Crippen LogP contribution >= 0.6 is 23.1 Å². The number of hydrogen-bond acceptors (Lipinski definition) is 6. The second-order valence-corrected chi connectivity index (χ2v) is 9.83. The second kappa shape index (κ2) is 10.9. The molecule has 3 heterocycles. The number of amides is 2. The normalized spacial score (nSPS) is 14.4. The summed E-state index contributed by atoms with van der Waals surface area (Å²) in [5.41, 5.74) is 3.07. The Balaban J connectivity index is 1.50. The van der Waals surface area contributed by atoms with E-state index in [1.165, 1.54) is 23.7 Å². The Kier molecular flexibility index (Phi) is 7.86. The monoisotopic (exact) mass is 517 g/mol. The van der Waals surface area contributed by atoms with Gasteiger partial charge in [0.2, 0.25) is 5.91 Å². The van der Waals surface area contributed by atoms with Crippen LogP contribution in [0.1, 0.15) is 48.3 Å². The molecular weight excluding hydrogens is 489 g/mol. The molecular formula is C25H29ClFN5O2S. The van der Waals surface area contributed by atoms with Gasteiger partial charge >= 0.3 is 0 Å². The number of pyridine rings is 1. The summed E-state index contributed by atoms with van der Waals surface area (Å²) in [6.45, 7) is 8.71. The van der Waals surface area contributed by atoms with Crippen molar-refractivity contribution < 1.29 is 14.0 Å². The van der Waals surface area contributed by atoms with Gasteiger partial charge in [-0.15, -0.1) is 0 Å². The van der Waals surface area contributed by atoms with Crippen LogP contribution in [-0.2, 0) is 11.3 Å². The molecule has 0 radical (unpaired) electrons. The molecule has 3 aromatic rings. The van der Waals surface area contributed by atoms with E-state index in [4.69, 9.17) is 11.6 Å². The number of halogens is 2. The number of aromatic nitrogens is 2. The van der Waals surface area contributed by atoms with Crippen LogP contribution in [0.5, 0.6) is 0 Å². The SMILES string of the molecule is CCN(CC)C(=O)c1cnc2snc(C)c2c1N1CCC(C(=O)NCc2ccc(F)c(Cl)c2)CC1. The summed E-state index contributed by atoms with van der Waals surface area (Å²) in [6, 6.07) is 4.45. The Morgan fingerprint density at radius 2 is 1.97 bits per heavy atom. The van der Waals surface area contributed by atoms with Crippen LogP contribution in [0.4, 0.5) is 10.1 Å². The van der Waals surface area contributed by atoms with Gasteiger partial charge in [-0.25, -0.2) is 9.37 Å². The molecule has 1 aromatic carbocycles. The lowest BCUT2D eigenvalue weighted by Crippen LogP contribution is -2.41. The number of anilines is 1. The topological polar surface area (TPSA) is 78.4 Å². The lowest BCUT2D eigenvalue weighted by Gasteiger charge is -2.35. The number of nitrogens with one attached hydrogen (secondary N) is 1. The first-order chi connectivity index (χ1) is 16.8. The lowest BCUT2D eigenvalue weighted by molar-refractivity contribution is -0.125. The number of rotatable bonds is 7. The summed E-state index contributed by atoms with van der Waals surface area (Å²) in [5.74, 6) is -0.682. The van der Waals surface area contributed by atoms with E-state index in [0.717, 1.165) is 27.2 Å². The molecule has 7 nitrogen and oxygen atoms in total. The molecule has 1 aliphatic rings. The highest BCUT2D eigenvalue weighted by molar-refractivity contribution is 7.13. The van der Waals surface area contributed by atoms with Crippen molar-refractivity contribution in [3.63, 3.8) is 0 Å². The van der Waals surface area contributed by atoms with E-state index in [1.807, 2.05) is 20.8 Å². The zero-order valence-electron chi connectivity index (χ0n) is 20.1. The predicted molar refractivity (Wildman–Crippen MR) is 138 cm³/mol. The number of benzene rings is 1. The summed E-state index contributed by atoms with van der Waals surface area (Å²) >= 11 is 7.18. The first-order valence-electron chi connectivity index (χ1n) is 11.8. The molecule has 0 spiro atoms. The maximum atomic E-state index is 13.4. The number of fused-ring (bicyclic) bond motifs is 1. The largest absolute Gasteiger partial charge is 0.370 e. The zero-order valence-corrected chi connectivity index (χ0v) is 21.7. The van der Waals surface area contributed by atoms with Crippen LogP contribution in [0, 0.1) is 18.7 Å². The standard InChI is InChI=1S/C25H29ClFN5O2S/c1-4-31(5-2)25(34)18-14-29-24-21(15(3)30-35-24)22(18)32-10-8-17(9-11-32)23(33)28-13-16-6-7-20(27)19(26)12-16/h6-7,12,14,17H,4-5,8-11,13H2,1-3H3,(H,28,33). The minimum atomic E-state index is -0.478. The fraction of sp³-hybridized carbons (Fsp3) is 0.440. The Labute approximate surface area is 213 Å². The van der Waals surface area contributed by atoms with E-state index in [1.54, 1.807) is 17.2 Å². The Morgan fingerprint density at radius 1 is 1.26 bits per heavy atom. The zero-order chi connectivity index (χ0) is 25.1. The van der Waals surface area contributed by atoms with Gasteiger partial charge in [-0.05, 0) is 62.8 Å². The van der Waals surface area contributed by atoms with E-state index >= 15 is 0 Å². The molecule has 0 unspecified atom stereocenters. The average molecular weight is 518 g/mol. The number of hydrogen-bond donors (Lipinski definition) is 1. The molecule has 0 atom stereocenters. The molecule has 35 heavy (non-hydrogen) atoms. The maximum absolute atomic E-state index is 13.4. The Bertz CT molecular complexity index is 1240. The Hall–Kier alpha value is -2.78. The molecule has 1 saturated heterocycles. The van der Waals surface area contributed by atoms with Crippen molar-refractivity contribution in [1.82, 2.24) is 19.6 Å². The predicted octanol–water partition coefficient (Wildman–Crippen LogP) is 4.81.